The number of thiophene rings is 1. The number of carbonyl (C=O) groups excluding carboxylic acids is 1. The molecule has 3 aromatic rings. The lowest BCUT2D eigenvalue weighted by Crippen LogP contribution is -2.13. The lowest BCUT2D eigenvalue weighted by atomic mass is 10.2. The highest BCUT2D eigenvalue weighted by atomic mass is 32.1. The zero-order valence-corrected chi connectivity index (χ0v) is 14.5. The molecule has 0 saturated carbocycles. The van der Waals surface area contributed by atoms with Gasteiger partial charge in [-0.2, -0.15) is 0 Å². The number of aromatic amines is 1. The van der Waals surface area contributed by atoms with Gasteiger partial charge in [-0.15, -0.1) is 11.3 Å². The zero-order chi connectivity index (χ0) is 17.8. The summed E-state index contributed by atoms with van der Waals surface area (Å²) in [5, 5.41) is 1.79. The predicted molar refractivity (Wildman–Crippen MR) is 93.5 cm³/mol. The van der Waals surface area contributed by atoms with Gasteiger partial charge in [-0.05, 0) is 36.6 Å². The van der Waals surface area contributed by atoms with Crippen molar-refractivity contribution < 1.29 is 19.0 Å². The summed E-state index contributed by atoms with van der Waals surface area (Å²) in [6, 6.07) is 6.53. The van der Waals surface area contributed by atoms with Gasteiger partial charge in [-0.1, -0.05) is 0 Å². The van der Waals surface area contributed by atoms with Crippen molar-refractivity contribution in [3.8, 4) is 11.5 Å². The number of esters is 1. The van der Waals surface area contributed by atoms with E-state index < -0.39 is 5.97 Å². The molecule has 0 aliphatic carbocycles. The first kappa shape index (κ1) is 17.0. The molecule has 3 rings (SSSR count). The van der Waals surface area contributed by atoms with E-state index in [0.717, 1.165) is 0 Å². The first-order valence-corrected chi connectivity index (χ1v) is 8.44. The van der Waals surface area contributed by atoms with Gasteiger partial charge in [-0.25, -0.2) is 9.78 Å². The van der Waals surface area contributed by atoms with E-state index in [-0.39, 0.29) is 12.2 Å². The second-order valence-electron chi connectivity index (χ2n) is 5.02. The maximum atomic E-state index is 12.2. The molecule has 2 heterocycles. The third-order valence-electron chi connectivity index (χ3n) is 3.40. The van der Waals surface area contributed by atoms with E-state index in [4.69, 9.17) is 14.2 Å². The molecule has 1 N–H and O–H groups in total. The van der Waals surface area contributed by atoms with Gasteiger partial charge in [0.25, 0.3) is 5.56 Å². The first-order valence-electron chi connectivity index (χ1n) is 7.56. The normalized spacial score (nSPS) is 10.6. The minimum Gasteiger partial charge on any atom is -0.493 e. The third kappa shape index (κ3) is 3.63. The molecule has 0 atom stereocenters. The number of hydrogen-bond donors (Lipinski definition) is 1. The van der Waals surface area contributed by atoms with Crippen LogP contribution in [-0.2, 0) is 11.3 Å². The molecule has 0 aliphatic heterocycles. The fraction of sp³-hybridized carbons (Fsp3) is 0.235. The Morgan fingerprint density at radius 1 is 1.28 bits per heavy atom. The summed E-state index contributed by atoms with van der Waals surface area (Å²) in [5.74, 6) is 0.748. The molecule has 7 nitrogen and oxygen atoms in total. The maximum Gasteiger partial charge on any atom is 0.338 e. The monoisotopic (exact) mass is 360 g/mol. The number of methoxy groups -OCH3 is 1. The van der Waals surface area contributed by atoms with Gasteiger partial charge in [-0.3, -0.25) is 4.79 Å². The van der Waals surface area contributed by atoms with Gasteiger partial charge in [0.1, 0.15) is 17.1 Å². The quantitative estimate of drug-likeness (QED) is 0.680. The number of benzene rings is 1. The average Bonchev–Trinajstić information content (AvgIpc) is 3.09. The minimum atomic E-state index is -0.545. The molecule has 0 spiro atoms. The molecule has 0 unspecified atom stereocenters. The topological polar surface area (TPSA) is 90.5 Å². The van der Waals surface area contributed by atoms with Crippen LogP contribution in [0.2, 0.25) is 0 Å². The minimum absolute atomic E-state index is 0.129. The smallest absolute Gasteiger partial charge is 0.338 e. The Morgan fingerprint density at radius 2 is 2.12 bits per heavy atom. The second-order valence-corrected chi connectivity index (χ2v) is 5.94. The van der Waals surface area contributed by atoms with Crippen LogP contribution < -0.4 is 15.0 Å². The Balaban J connectivity index is 1.75. The van der Waals surface area contributed by atoms with E-state index in [9.17, 15) is 9.59 Å². The summed E-state index contributed by atoms with van der Waals surface area (Å²) in [6.45, 7) is 2.16. The predicted octanol–water partition coefficient (Wildman–Crippen LogP) is 2.75. The lowest BCUT2D eigenvalue weighted by Gasteiger charge is -2.11. The molecule has 130 valence electrons. The Kier molecular flexibility index (Phi) is 4.99. The fourth-order valence-electron chi connectivity index (χ4n) is 2.28. The molecular weight excluding hydrogens is 344 g/mol. The molecule has 0 amide bonds. The molecule has 8 heteroatoms. The molecular formula is C17H16N2O5S. The number of fused-ring (bicyclic) bond motifs is 1. The van der Waals surface area contributed by atoms with E-state index in [2.05, 4.69) is 9.97 Å². The number of hydrogen-bond acceptors (Lipinski definition) is 7. The van der Waals surface area contributed by atoms with Crippen molar-refractivity contribution in [1.29, 1.82) is 0 Å². The zero-order valence-electron chi connectivity index (χ0n) is 13.7. The third-order valence-corrected chi connectivity index (χ3v) is 4.31. The summed E-state index contributed by atoms with van der Waals surface area (Å²) in [7, 11) is 1.53. The summed E-state index contributed by atoms with van der Waals surface area (Å²) >= 11 is 1.31. The molecule has 0 radical (unpaired) electrons. The highest BCUT2D eigenvalue weighted by Crippen LogP contribution is 2.28. The van der Waals surface area contributed by atoms with E-state index in [1.165, 1.54) is 18.4 Å². The molecule has 0 saturated heterocycles. The number of H-pyrrole nitrogens is 1. The van der Waals surface area contributed by atoms with Gasteiger partial charge >= 0.3 is 5.97 Å². The summed E-state index contributed by atoms with van der Waals surface area (Å²) in [5.41, 5.74) is 0.667. The van der Waals surface area contributed by atoms with Crippen LogP contribution in [0.5, 0.6) is 11.5 Å². The fourth-order valence-corrected chi connectivity index (χ4v) is 3.00. The van der Waals surface area contributed by atoms with Gasteiger partial charge in [0, 0.05) is 0 Å². The van der Waals surface area contributed by atoms with E-state index in [1.807, 2.05) is 6.92 Å². The van der Waals surface area contributed by atoms with Crippen molar-refractivity contribution in [1.82, 2.24) is 9.97 Å². The standard InChI is InChI=1S/C17H16N2O5S/c1-3-23-13-8-10(4-5-12(13)22-2)17(21)24-9-14-18-11-6-7-25-15(11)16(20)19-14/h4-8H,3,9H2,1-2H3,(H,18,19,20). The highest BCUT2D eigenvalue weighted by molar-refractivity contribution is 7.17. The van der Waals surface area contributed by atoms with Gasteiger partial charge in [0.2, 0.25) is 0 Å². The van der Waals surface area contributed by atoms with Crippen LogP contribution in [0.15, 0.2) is 34.4 Å². The SMILES string of the molecule is CCOc1cc(C(=O)OCc2nc3ccsc3c(=O)[nH]2)ccc1OC. The van der Waals surface area contributed by atoms with Crippen molar-refractivity contribution in [2.45, 2.75) is 13.5 Å². The highest BCUT2D eigenvalue weighted by Gasteiger charge is 2.13. The summed E-state index contributed by atoms with van der Waals surface area (Å²) in [6.07, 6.45) is 0. The molecule has 0 fully saturated rings. The van der Waals surface area contributed by atoms with Crippen molar-refractivity contribution in [3.05, 3.63) is 51.4 Å². The van der Waals surface area contributed by atoms with Crippen LogP contribution in [0.4, 0.5) is 0 Å². The van der Waals surface area contributed by atoms with Gasteiger partial charge in [0.05, 0.1) is 24.8 Å². The molecule has 1 aromatic carbocycles. The molecule has 2 aromatic heterocycles. The Morgan fingerprint density at radius 3 is 2.88 bits per heavy atom. The van der Waals surface area contributed by atoms with Crippen LogP contribution >= 0.6 is 11.3 Å². The summed E-state index contributed by atoms with van der Waals surface area (Å²) < 4.78 is 16.4. The Bertz CT molecular complexity index is 963. The summed E-state index contributed by atoms with van der Waals surface area (Å²) in [4.78, 5) is 31.0. The van der Waals surface area contributed by atoms with E-state index >= 15 is 0 Å². The number of aromatic nitrogens is 2. The number of nitrogens with one attached hydrogen (secondary N) is 1. The van der Waals surface area contributed by atoms with Crippen molar-refractivity contribution in [2.24, 2.45) is 0 Å². The van der Waals surface area contributed by atoms with Crippen molar-refractivity contribution in [3.63, 3.8) is 0 Å². The average molecular weight is 360 g/mol. The van der Waals surface area contributed by atoms with Crippen LogP contribution in [0.25, 0.3) is 10.2 Å². The number of ether oxygens (including phenoxy) is 3. The largest absolute Gasteiger partial charge is 0.493 e. The van der Waals surface area contributed by atoms with E-state index in [1.54, 1.807) is 29.6 Å². The van der Waals surface area contributed by atoms with Crippen LogP contribution in [0, 0.1) is 0 Å². The van der Waals surface area contributed by atoms with Crippen LogP contribution in [-0.4, -0.2) is 29.7 Å². The Labute approximate surface area is 147 Å². The van der Waals surface area contributed by atoms with Crippen molar-refractivity contribution in [2.75, 3.05) is 13.7 Å². The lowest BCUT2D eigenvalue weighted by molar-refractivity contribution is 0.0461. The van der Waals surface area contributed by atoms with Crippen LogP contribution in [0.3, 0.4) is 0 Å². The second kappa shape index (κ2) is 7.35. The van der Waals surface area contributed by atoms with Gasteiger partial charge in [0.15, 0.2) is 11.5 Å². The number of nitrogens with zero attached hydrogens (tertiary/aromatic N) is 1. The number of carbonyl (C=O) groups is 1. The molecule has 0 bridgehead atoms. The number of rotatable bonds is 6. The van der Waals surface area contributed by atoms with Gasteiger partial charge < -0.3 is 19.2 Å². The first-order chi connectivity index (χ1) is 12.1. The molecule has 25 heavy (non-hydrogen) atoms. The van der Waals surface area contributed by atoms with E-state index in [0.29, 0.717) is 39.7 Å². The molecule has 0 aliphatic rings. The van der Waals surface area contributed by atoms with Crippen LogP contribution in [0.1, 0.15) is 23.1 Å². The Hall–Kier alpha value is -2.87. The maximum absolute atomic E-state index is 12.2. The van der Waals surface area contributed by atoms with Crippen molar-refractivity contribution >= 4 is 27.5 Å².